The second-order valence-corrected chi connectivity index (χ2v) is 4.25. The van der Waals surface area contributed by atoms with E-state index in [1.807, 2.05) is 13.8 Å². The summed E-state index contributed by atoms with van der Waals surface area (Å²) in [6.45, 7) is 4.82. The average Bonchev–Trinajstić information content (AvgIpc) is 2.26. The molecule has 17 heavy (non-hydrogen) atoms. The van der Waals surface area contributed by atoms with Crippen LogP contribution in [0.15, 0.2) is 12.1 Å². The van der Waals surface area contributed by atoms with Crippen molar-refractivity contribution in [2.75, 3.05) is 13.2 Å². The van der Waals surface area contributed by atoms with Gasteiger partial charge in [0.15, 0.2) is 0 Å². The van der Waals surface area contributed by atoms with Crippen molar-refractivity contribution < 1.29 is 9.53 Å². The molecule has 6 heteroatoms. The standard InChI is InChI=1S/C11H14Cl2N2O2/c1-3-17-6-7(2)14-11(16)8-4-5-9(12)15-10(8)13/h4-5,7H,3,6H2,1-2H3,(H,14,16). The van der Waals surface area contributed by atoms with Crippen molar-refractivity contribution in [3.8, 4) is 0 Å². The highest BCUT2D eigenvalue weighted by molar-refractivity contribution is 6.34. The summed E-state index contributed by atoms with van der Waals surface area (Å²) in [6.07, 6.45) is 0. The van der Waals surface area contributed by atoms with Gasteiger partial charge in [0, 0.05) is 12.6 Å². The number of rotatable bonds is 5. The molecule has 4 nitrogen and oxygen atoms in total. The number of amides is 1. The molecule has 1 aromatic rings. The van der Waals surface area contributed by atoms with Crippen LogP contribution >= 0.6 is 23.2 Å². The highest BCUT2D eigenvalue weighted by Crippen LogP contribution is 2.16. The Kier molecular flexibility index (Phi) is 5.68. The van der Waals surface area contributed by atoms with Gasteiger partial charge >= 0.3 is 0 Å². The predicted octanol–water partition coefficient (Wildman–Crippen LogP) is 2.54. The van der Waals surface area contributed by atoms with Crippen LogP contribution in [0.3, 0.4) is 0 Å². The molecule has 0 radical (unpaired) electrons. The number of pyridine rings is 1. The SMILES string of the molecule is CCOCC(C)NC(=O)c1ccc(Cl)nc1Cl. The quantitative estimate of drug-likeness (QED) is 0.841. The minimum atomic E-state index is -0.286. The lowest BCUT2D eigenvalue weighted by Crippen LogP contribution is -2.36. The monoisotopic (exact) mass is 276 g/mol. The Labute approximate surface area is 110 Å². The van der Waals surface area contributed by atoms with Crippen molar-refractivity contribution >= 4 is 29.1 Å². The molecule has 0 aromatic carbocycles. The third-order valence-corrected chi connectivity index (χ3v) is 2.51. The van der Waals surface area contributed by atoms with Crippen LogP contribution in [-0.4, -0.2) is 30.1 Å². The van der Waals surface area contributed by atoms with Crippen molar-refractivity contribution in [3.63, 3.8) is 0 Å². The molecule has 0 aliphatic heterocycles. The van der Waals surface area contributed by atoms with E-state index >= 15 is 0 Å². The van der Waals surface area contributed by atoms with E-state index in [4.69, 9.17) is 27.9 Å². The van der Waals surface area contributed by atoms with Crippen LogP contribution in [-0.2, 0) is 4.74 Å². The van der Waals surface area contributed by atoms with Crippen molar-refractivity contribution in [2.45, 2.75) is 19.9 Å². The molecular weight excluding hydrogens is 263 g/mol. The molecule has 1 N–H and O–H groups in total. The second kappa shape index (κ2) is 6.79. The number of nitrogens with zero attached hydrogens (tertiary/aromatic N) is 1. The maximum Gasteiger partial charge on any atom is 0.254 e. The lowest BCUT2D eigenvalue weighted by atomic mass is 10.2. The number of carbonyl (C=O) groups is 1. The number of hydrogen-bond acceptors (Lipinski definition) is 3. The summed E-state index contributed by atoms with van der Waals surface area (Å²) >= 11 is 11.5. The lowest BCUT2D eigenvalue weighted by molar-refractivity contribution is 0.0872. The Morgan fingerprint density at radius 1 is 1.53 bits per heavy atom. The lowest BCUT2D eigenvalue weighted by Gasteiger charge is -2.13. The zero-order valence-corrected chi connectivity index (χ0v) is 11.2. The van der Waals surface area contributed by atoms with E-state index in [1.165, 1.54) is 6.07 Å². The highest BCUT2D eigenvalue weighted by atomic mass is 35.5. The topological polar surface area (TPSA) is 51.2 Å². The van der Waals surface area contributed by atoms with Gasteiger partial charge in [-0.15, -0.1) is 0 Å². The minimum absolute atomic E-state index is 0.0887. The summed E-state index contributed by atoms with van der Waals surface area (Å²) in [4.78, 5) is 15.6. The van der Waals surface area contributed by atoms with Gasteiger partial charge < -0.3 is 10.1 Å². The van der Waals surface area contributed by atoms with Crippen molar-refractivity contribution in [3.05, 3.63) is 28.0 Å². The maximum absolute atomic E-state index is 11.8. The molecule has 1 unspecified atom stereocenters. The summed E-state index contributed by atoms with van der Waals surface area (Å²) in [6, 6.07) is 2.98. The predicted molar refractivity (Wildman–Crippen MR) is 67.7 cm³/mol. The van der Waals surface area contributed by atoms with Crippen LogP contribution in [0.5, 0.6) is 0 Å². The fourth-order valence-corrected chi connectivity index (χ4v) is 1.65. The van der Waals surface area contributed by atoms with Crippen molar-refractivity contribution in [1.29, 1.82) is 0 Å². The van der Waals surface area contributed by atoms with Crippen LogP contribution in [0.1, 0.15) is 24.2 Å². The Morgan fingerprint density at radius 2 is 2.24 bits per heavy atom. The second-order valence-electron chi connectivity index (χ2n) is 3.51. The summed E-state index contributed by atoms with van der Waals surface area (Å²) < 4.78 is 5.20. The van der Waals surface area contributed by atoms with E-state index in [1.54, 1.807) is 6.07 Å². The van der Waals surface area contributed by atoms with Crippen LogP contribution in [0.2, 0.25) is 10.3 Å². The number of aromatic nitrogens is 1. The number of nitrogens with one attached hydrogen (secondary N) is 1. The van der Waals surface area contributed by atoms with Gasteiger partial charge in [0.1, 0.15) is 10.3 Å². The van der Waals surface area contributed by atoms with Crippen LogP contribution in [0, 0.1) is 0 Å². The Morgan fingerprint density at radius 3 is 2.82 bits per heavy atom. The van der Waals surface area contributed by atoms with Gasteiger partial charge in [-0.05, 0) is 26.0 Å². The fourth-order valence-electron chi connectivity index (χ4n) is 1.22. The molecule has 0 saturated carbocycles. The van der Waals surface area contributed by atoms with Crippen molar-refractivity contribution in [1.82, 2.24) is 10.3 Å². The Bertz CT molecular complexity index is 399. The molecule has 94 valence electrons. The van der Waals surface area contributed by atoms with Gasteiger partial charge in [0.2, 0.25) is 0 Å². The van der Waals surface area contributed by atoms with E-state index in [9.17, 15) is 4.79 Å². The summed E-state index contributed by atoms with van der Waals surface area (Å²) in [5.41, 5.74) is 0.305. The third kappa shape index (κ3) is 4.50. The number of ether oxygens (including phenoxy) is 1. The molecule has 1 atom stereocenters. The molecule has 1 rings (SSSR count). The molecule has 0 aliphatic carbocycles. The first-order chi connectivity index (χ1) is 8.04. The fraction of sp³-hybridized carbons (Fsp3) is 0.455. The molecule has 1 aromatic heterocycles. The van der Waals surface area contributed by atoms with Gasteiger partial charge in [-0.2, -0.15) is 0 Å². The summed E-state index contributed by atoms with van der Waals surface area (Å²) in [5.74, 6) is -0.286. The van der Waals surface area contributed by atoms with Gasteiger partial charge in [-0.1, -0.05) is 23.2 Å². The number of halogens is 2. The minimum Gasteiger partial charge on any atom is -0.380 e. The van der Waals surface area contributed by atoms with Gasteiger partial charge in [-0.25, -0.2) is 4.98 Å². The summed E-state index contributed by atoms with van der Waals surface area (Å²) in [7, 11) is 0. The highest BCUT2D eigenvalue weighted by Gasteiger charge is 2.14. The zero-order chi connectivity index (χ0) is 12.8. The molecule has 0 fully saturated rings. The molecule has 0 saturated heterocycles. The van der Waals surface area contributed by atoms with Crippen LogP contribution < -0.4 is 5.32 Å². The van der Waals surface area contributed by atoms with E-state index in [0.717, 1.165) is 0 Å². The molecule has 0 bridgehead atoms. The van der Waals surface area contributed by atoms with Crippen LogP contribution in [0.25, 0.3) is 0 Å². The van der Waals surface area contributed by atoms with Gasteiger partial charge in [0.05, 0.1) is 12.2 Å². The third-order valence-electron chi connectivity index (χ3n) is 2.01. The summed E-state index contributed by atoms with van der Waals surface area (Å²) in [5, 5.41) is 3.11. The van der Waals surface area contributed by atoms with E-state index < -0.39 is 0 Å². The Hall–Kier alpha value is -0.840. The first-order valence-corrected chi connectivity index (χ1v) is 6.00. The Balaban J connectivity index is 2.63. The smallest absolute Gasteiger partial charge is 0.254 e. The number of carbonyl (C=O) groups excluding carboxylic acids is 1. The van der Waals surface area contributed by atoms with Crippen LogP contribution in [0.4, 0.5) is 0 Å². The van der Waals surface area contributed by atoms with Crippen molar-refractivity contribution in [2.24, 2.45) is 0 Å². The average molecular weight is 277 g/mol. The van der Waals surface area contributed by atoms with Gasteiger partial charge in [0.25, 0.3) is 5.91 Å². The zero-order valence-electron chi connectivity index (χ0n) is 9.67. The molecule has 0 spiro atoms. The largest absolute Gasteiger partial charge is 0.380 e. The molecule has 1 heterocycles. The van der Waals surface area contributed by atoms with E-state index in [2.05, 4.69) is 10.3 Å². The van der Waals surface area contributed by atoms with E-state index in [-0.39, 0.29) is 22.3 Å². The normalized spacial score (nSPS) is 12.2. The first-order valence-electron chi connectivity index (χ1n) is 5.25. The maximum atomic E-state index is 11.8. The molecular formula is C11H14Cl2N2O2. The first kappa shape index (κ1) is 14.2. The van der Waals surface area contributed by atoms with E-state index in [0.29, 0.717) is 18.8 Å². The molecule has 0 aliphatic rings. The molecule has 1 amide bonds. The number of hydrogen-bond donors (Lipinski definition) is 1. The van der Waals surface area contributed by atoms with Gasteiger partial charge in [-0.3, -0.25) is 4.79 Å².